The van der Waals surface area contributed by atoms with Crippen LogP contribution in [0.4, 0.5) is 0 Å². The maximum absolute atomic E-state index is 12.3. The largest absolute Gasteiger partial charge is 0.459 e. The lowest BCUT2D eigenvalue weighted by Crippen LogP contribution is -2.29. The third kappa shape index (κ3) is 2.62. The molecule has 102 valence electrons. The van der Waals surface area contributed by atoms with Gasteiger partial charge in [-0.05, 0) is 57.8 Å². The molecule has 2 heteroatoms. The van der Waals surface area contributed by atoms with Crippen LogP contribution in [-0.2, 0) is 9.53 Å². The zero-order chi connectivity index (χ0) is 13.6. The standard InChI is InChI=1S/C16H26O2/c1-11-7-6-10-15(2,3)18-14(17)13-12(9-8-11)16(13,4)5/h7,12-13H,6,8-10H2,1-5H3/b11-7-/t12-,13-/m1/s1. The first-order valence-corrected chi connectivity index (χ1v) is 7.12. The number of carbonyl (C=O) groups excluding carboxylic acids is 1. The highest BCUT2D eigenvalue weighted by Crippen LogP contribution is 2.61. The fourth-order valence-electron chi connectivity index (χ4n) is 3.29. The van der Waals surface area contributed by atoms with Crippen LogP contribution in [-0.4, -0.2) is 11.6 Å². The highest BCUT2D eigenvalue weighted by Gasteiger charge is 2.62. The van der Waals surface area contributed by atoms with Gasteiger partial charge in [0.2, 0.25) is 0 Å². The molecule has 1 aliphatic carbocycles. The molecule has 0 saturated heterocycles. The van der Waals surface area contributed by atoms with E-state index in [9.17, 15) is 4.79 Å². The van der Waals surface area contributed by atoms with Crippen LogP contribution in [0.1, 0.15) is 60.3 Å². The predicted octanol–water partition coefficient (Wildman–Crippen LogP) is 4.10. The van der Waals surface area contributed by atoms with Gasteiger partial charge >= 0.3 is 5.97 Å². The summed E-state index contributed by atoms with van der Waals surface area (Å²) >= 11 is 0. The number of fused-ring (bicyclic) bond motifs is 1. The van der Waals surface area contributed by atoms with Crippen LogP contribution in [0.25, 0.3) is 0 Å². The number of rotatable bonds is 0. The van der Waals surface area contributed by atoms with Gasteiger partial charge in [-0.15, -0.1) is 0 Å². The van der Waals surface area contributed by atoms with Crippen LogP contribution in [0.15, 0.2) is 11.6 Å². The molecule has 2 atom stereocenters. The Morgan fingerprint density at radius 3 is 2.61 bits per heavy atom. The molecule has 0 aromatic heterocycles. The molecule has 1 saturated carbocycles. The highest BCUT2D eigenvalue weighted by atomic mass is 16.6. The van der Waals surface area contributed by atoms with Crippen LogP contribution < -0.4 is 0 Å². The van der Waals surface area contributed by atoms with Crippen LogP contribution in [0, 0.1) is 17.3 Å². The zero-order valence-corrected chi connectivity index (χ0v) is 12.4. The van der Waals surface area contributed by atoms with E-state index in [1.165, 1.54) is 5.57 Å². The fraction of sp³-hybridized carbons (Fsp3) is 0.812. The lowest BCUT2D eigenvalue weighted by molar-refractivity contribution is -0.159. The van der Waals surface area contributed by atoms with Crippen molar-refractivity contribution in [1.29, 1.82) is 0 Å². The smallest absolute Gasteiger partial charge is 0.310 e. The van der Waals surface area contributed by atoms with Crippen molar-refractivity contribution in [2.24, 2.45) is 17.3 Å². The molecule has 1 fully saturated rings. The minimum Gasteiger partial charge on any atom is -0.459 e. The Kier molecular flexibility index (Phi) is 3.33. The molecule has 0 unspecified atom stereocenters. The summed E-state index contributed by atoms with van der Waals surface area (Å²) in [6.07, 6.45) is 6.47. The first kappa shape index (κ1) is 13.6. The van der Waals surface area contributed by atoms with E-state index in [-0.39, 0.29) is 22.9 Å². The van der Waals surface area contributed by atoms with Crippen molar-refractivity contribution in [1.82, 2.24) is 0 Å². The summed E-state index contributed by atoms with van der Waals surface area (Å²) in [6, 6.07) is 0. The van der Waals surface area contributed by atoms with Gasteiger partial charge in [0.1, 0.15) is 5.60 Å². The van der Waals surface area contributed by atoms with E-state index in [1.807, 2.05) is 13.8 Å². The Hall–Kier alpha value is -0.790. The molecule has 0 aromatic carbocycles. The van der Waals surface area contributed by atoms with E-state index in [0.29, 0.717) is 5.92 Å². The van der Waals surface area contributed by atoms with Crippen LogP contribution >= 0.6 is 0 Å². The maximum atomic E-state index is 12.3. The van der Waals surface area contributed by atoms with Gasteiger partial charge < -0.3 is 4.74 Å². The van der Waals surface area contributed by atoms with E-state index in [1.54, 1.807) is 0 Å². The minimum absolute atomic E-state index is 0.0227. The van der Waals surface area contributed by atoms with E-state index in [0.717, 1.165) is 25.7 Å². The van der Waals surface area contributed by atoms with Crippen LogP contribution in [0.2, 0.25) is 0 Å². The third-order valence-electron chi connectivity index (χ3n) is 4.77. The Labute approximate surface area is 111 Å². The number of hydrogen-bond acceptors (Lipinski definition) is 2. The van der Waals surface area contributed by atoms with Gasteiger partial charge in [0, 0.05) is 0 Å². The van der Waals surface area contributed by atoms with Gasteiger partial charge in [-0.3, -0.25) is 4.79 Å². The summed E-state index contributed by atoms with van der Waals surface area (Å²) in [5, 5.41) is 0. The molecule has 0 bridgehead atoms. The molecule has 2 aliphatic rings. The molecule has 2 rings (SSSR count). The third-order valence-corrected chi connectivity index (χ3v) is 4.77. The normalized spacial score (nSPS) is 37.6. The Morgan fingerprint density at radius 2 is 1.94 bits per heavy atom. The van der Waals surface area contributed by atoms with Gasteiger partial charge in [-0.2, -0.15) is 0 Å². The number of allylic oxidation sites excluding steroid dienone is 2. The molecule has 18 heavy (non-hydrogen) atoms. The summed E-state index contributed by atoms with van der Waals surface area (Å²) in [4.78, 5) is 12.3. The van der Waals surface area contributed by atoms with Crippen molar-refractivity contribution in [3.63, 3.8) is 0 Å². The molecule has 0 N–H and O–H groups in total. The predicted molar refractivity (Wildman–Crippen MR) is 73.2 cm³/mol. The lowest BCUT2D eigenvalue weighted by atomic mass is 9.99. The molecule has 1 aliphatic heterocycles. The second kappa shape index (κ2) is 4.40. The summed E-state index contributed by atoms with van der Waals surface area (Å²) in [5.74, 6) is 0.638. The molecular weight excluding hydrogens is 224 g/mol. The Balaban J connectivity index is 2.17. The quantitative estimate of drug-likeness (QED) is 0.478. The van der Waals surface area contributed by atoms with Crippen LogP contribution in [0.5, 0.6) is 0 Å². The van der Waals surface area contributed by atoms with Crippen molar-refractivity contribution in [3.8, 4) is 0 Å². The van der Waals surface area contributed by atoms with E-state index in [2.05, 4.69) is 26.8 Å². The number of ether oxygens (including phenoxy) is 1. The minimum atomic E-state index is -0.332. The van der Waals surface area contributed by atoms with Gasteiger partial charge in [0.05, 0.1) is 5.92 Å². The van der Waals surface area contributed by atoms with E-state index in [4.69, 9.17) is 4.74 Å². The van der Waals surface area contributed by atoms with E-state index < -0.39 is 0 Å². The van der Waals surface area contributed by atoms with Crippen molar-refractivity contribution in [2.75, 3.05) is 0 Å². The summed E-state index contributed by atoms with van der Waals surface area (Å²) in [6.45, 7) is 10.6. The molecule has 2 nitrogen and oxygen atoms in total. The number of carbonyl (C=O) groups is 1. The van der Waals surface area contributed by atoms with E-state index >= 15 is 0 Å². The topological polar surface area (TPSA) is 26.3 Å². The lowest BCUT2D eigenvalue weighted by Gasteiger charge is -2.25. The summed E-state index contributed by atoms with van der Waals surface area (Å²) < 4.78 is 5.73. The van der Waals surface area contributed by atoms with Crippen molar-refractivity contribution < 1.29 is 9.53 Å². The molecule has 0 radical (unpaired) electrons. The second-order valence-electron chi connectivity index (χ2n) is 7.21. The zero-order valence-electron chi connectivity index (χ0n) is 12.4. The average molecular weight is 250 g/mol. The number of esters is 1. The van der Waals surface area contributed by atoms with Crippen molar-refractivity contribution in [3.05, 3.63) is 11.6 Å². The Morgan fingerprint density at radius 1 is 1.28 bits per heavy atom. The number of hydrogen-bond donors (Lipinski definition) is 0. The van der Waals surface area contributed by atoms with Gasteiger partial charge in [-0.1, -0.05) is 25.5 Å². The van der Waals surface area contributed by atoms with Gasteiger partial charge in [-0.25, -0.2) is 0 Å². The second-order valence-corrected chi connectivity index (χ2v) is 7.21. The molecule has 1 heterocycles. The SMILES string of the molecule is C/C1=C/CCC(C)(C)OC(=O)[C@H]2[C@@H](CC1)C2(C)C. The summed E-state index contributed by atoms with van der Waals surface area (Å²) in [7, 11) is 0. The Bertz CT molecular complexity index is 377. The first-order valence-electron chi connectivity index (χ1n) is 7.12. The highest BCUT2D eigenvalue weighted by molar-refractivity contribution is 5.78. The summed E-state index contributed by atoms with van der Waals surface area (Å²) in [5.41, 5.74) is 1.26. The number of cyclic esters (lactones) is 1. The fourth-order valence-corrected chi connectivity index (χ4v) is 3.29. The average Bonchev–Trinajstić information content (AvgIpc) is 2.76. The van der Waals surface area contributed by atoms with Gasteiger partial charge in [0.25, 0.3) is 0 Å². The molecule has 0 spiro atoms. The van der Waals surface area contributed by atoms with Gasteiger partial charge in [0.15, 0.2) is 0 Å². The molecule has 0 aromatic rings. The molecule has 0 amide bonds. The monoisotopic (exact) mass is 250 g/mol. The maximum Gasteiger partial charge on any atom is 0.310 e. The molecular formula is C16H26O2. The van der Waals surface area contributed by atoms with Crippen molar-refractivity contribution >= 4 is 5.97 Å². The first-order chi connectivity index (χ1) is 8.24. The van der Waals surface area contributed by atoms with Crippen molar-refractivity contribution in [2.45, 2.75) is 65.9 Å². The van der Waals surface area contributed by atoms with Crippen LogP contribution in [0.3, 0.4) is 0 Å².